The third-order valence-corrected chi connectivity index (χ3v) is 2.80. The zero-order chi connectivity index (χ0) is 14.0. The van der Waals surface area contributed by atoms with Gasteiger partial charge in [-0.1, -0.05) is 0 Å². The van der Waals surface area contributed by atoms with Crippen molar-refractivity contribution in [3.05, 3.63) is 35.3 Å². The molecule has 2 N–H and O–H groups in total. The van der Waals surface area contributed by atoms with Gasteiger partial charge in [0.1, 0.15) is 5.82 Å². The highest BCUT2D eigenvalue weighted by molar-refractivity contribution is 6.07. The van der Waals surface area contributed by atoms with E-state index in [2.05, 4.69) is 20.7 Å². The van der Waals surface area contributed by atoms with Crippen molar-refractivity contribution in [2.45, 2.75) is 13.8 Å². The Morgan fingerprint density at radius 1 is 1.26 bits per heavy atom. The van der Waals surface area contributed by atoms with E-state index < -0.39 is 0 Å². The molecule has 0 fully saturated rings. The van der Waals surface area contributed by atoms with Gasteiger partial charge in [0.2, 0.25) is 0 Å². The molecule has 6 nitrogen and oxygen atoms in total. The number of hydrogen-bond donors (Lipinski definition) is 2. The first kappa shape index (κ1) is 13.1. The van der Waals surface area contributed by atoms with E-state index in [0.717, 1.165) is 17.1 Å². The summed E-state index contributed by atoms with van der Waals surface area (Å²) in [6, 6.07) is 3.65. The summed E-state index contributed by atoms with van der Waals surface area (Å²) in [5.41, 5.74) is 2.97. The summed E-state index contributed by atoms with van der Waals surface area (Å²) in [6.07, 6.45) is 1.57. The minimum atomic E-state index is -0.208. The topological polar surface area (TPSA) is 71.8 Å². The van der Waals surface area contributed by atoms with E-state index in [1.807, 2.05) is 26.0 Å². The van der Waals surface area contributed by atoms with Gasteiger partial charge in [-0.15, -0.1) is 0 Å². The summed E-state index contributed by atoms with van der Waals surface area (Å²) in [7, 11) is 3.56. The first-order chi connectivity index (χ1) is 9.01. The molecular formula is C13H17N5O. The lowest BCUT2D eigenvalue weighted by atomic mass is 10.2. The van der Waals surface area contributed by atoms with Crippen LogP contribution in [0.5, 0.6) is 0 Å². The predicted molar refractivity (Wildman–Crippen MR) is 74.4 cm³/mol. The fourth-order valence-corrected chi connectivity index (χ4v) is 1.86. The summed E-state index contributed by atoms with van der Waals surface area (Å²) in [4.78, 5) is 16.4. The first-order valence-electron chi connectivity index (χ1n) is 5.97. The van der Waals surface area contributed by atoms with Gasteiger partial charge in [-0.3, -0.25) is 14.5 Å². The molecule has 19 heavy (non-hydrogen) atoms. The Labute approximate surface area is 111 Å². The van der Waals surface area contributed by atoms with Crippen LogP contribution < -0.4 is 10.6 Å². The fraction of sp³-hybridized carbons (Fsp3) is 0.308. The maximum atomic E-state index is 12.2. The molecule has 6 heteroatoms. The molecule has 2 rings (SSSR count). The van der Waals surface area contributed by atoms with Gasteiger partial charge in [0, 0.05) is 32.1 Å². The van der Waals surface area contributed by atoms with E-state index in [0.29, 0.717) is 11.4 Å². The molecule has 0 aliphatic heterocycles. The Morgan fingerprint density at radius 3 is 2.58 bits per heavy atom. The van der Waals surface area contributed by atoms with Crippen LogP contribution >= 0.6 is 0 Å². The molecule has 0 saturated heterocycles. The summed E-state index contributed by atoms with van der Waals surface area (Å²) in [5, 5.41) is 10.0. The molecule has 1 amide bonds. The number of aromatic nitrogens is 3. The van der Waals surface area contributed by atoms with E-state index in [9.17, 15) is 4.79 Å². The molecule has 0 saturated carbocycles. The van der Waals surface area contributed by atoms with Crippen molar-refractivity contribution in [2.75, 3.05) is 17.7 Å². The van der Waals surface area contributed by atoms with Gasteiger partial charge in [0.05, 0.1) is 16.9 Å². The first-order valence-corrected chi connectivity index (χ1v) is 5.97. The van der Waals surface area contributed by atoms with E-state index in [1.54, 1.807) is 25.0 Å². The lowest BCUT2D eigenvalue weighted by Crippen LogP contribution is -2.16. The third-order valence-electron chi connectivity index (χ3n) is 2.80. The Morgan fingerprint density at radius 2 is 2.00 bits per heavy atom. The van der Waals surface area contributed by atoms with Crippen LogP contribution in [0.4, 0.5) is 11.5 Å². The summed E-state index contributed by atoms with van der Waals surface area (Å²) < 4.78 is 1.63. The minimum absolute atomic E-state index is 0.208. The molecule has 0 radical (unpaired) electrons. The van der Waals surface area contributed by atoms with Crippen LogP contribution in [0.15, 0.2) is 18.3 Å². The van der Waals surface area contributed by atoms with Crippen LogP contribution in [0.2, 0.25) is 0 Å². The molecule has 0 aliphatic rings. The molecule has 2 aromatic rings. The number of rotatable bonds is 3. The van der Waals surface area contributed by atoms with Crippen molar-refractivity contribution in [2.24, 2.45) is 7.05 Å². The molecule has 0 aliphatic carbocycles. The maximum absolute atomic E-state index is 12.2. The van der Waals surface area contributed by atoms with E-state index in [1.165, 1.54) is 0 Å². The Bertz CT molecular complexity index is 617. The average molecular weight is 259 g/mol. The van der Waals surface area contributed by atoms with Gasteiger partial charge in [-0.2, -0.15) is 5.10 Å². The largest absolute Gasteiger partial charge is 0.387 e. The van der Waals surface area contributed by atoms with Gasteiger partial charge in [-0.05, 0) is 19.9 Å². The number of pyridine rings is 1. The lowest BCUT2D eigenvalue weighted by Gasteiger charge is -2.10. The molecule has 100 valence electrons. The standard InChI is InChI=1S/C13H17N5O/c1-8-5-11(14-3)10(7-15-8)13(19)16-12-6-9(2)17-18(12)4/h5-7H,1-4H3,(H,14,15)(H,16,19). The third kappa shape index (κ3) is 2.73. The molecule has 0 bridgehead atoms. The number of anilines is 2. The number of carbonyl (C=O) groups excluding carboxylic acids is 1. The molecule has 0 atom stereocenters. The van der Waals surface area contributed by atoms with E-state index in [-0.39, 0.29) is 5.91 Å². The zero-order valence-electron chi connectivity index (χ0n) is 11.5. The van der Waals surface area contributed by atoms with Crippen LogP contribution in [0.3, 0.4) is 0 Å². The van der Waals surface area contributed by atoms with Crippen molar-refractivity contribution in [3.63, 3.8) is 0 Å². The molecule has 2 heterocycles. The van der Waals surface area contributed by atoms with Crippen molar-refractivity contribution in [3.8, 4) is 0 Å². The van der Waals surface area contributed by atoms with Crippen molar-refractivity contribution >= 4 is 17.4 Å². The van der Waals surface area contributed by atoms with Crippen LogP contribution in [0.1, 0.15) is 21.7 Å². The SMILES string of the molecule is CNc1cc(C)ncc1C(=O)Nc1cc(C)nn1C. The van der Waals surface area contributed by atoms with Gasteiger partial charge in [0.25, 0.3) is 5.91 Å². The van der Waals surface area contributed by atoms with Gasteiger partial charge >= 0.3 is 0 Å². The van der Waals surface area contributed by atoms with Gasteiger partial charge in [-0.25, -0.2) is 0 Å². The highest BCUT2D eigenvalue weighted by Crippen LogP contribution is 2.17. The summed E-state index contributed by atoms with van der Waals surface area (Å²) >= 11 is 0. The van der Waals surface area contributed by atoms with Crippen molar-refractivity contribution in [1.29, 1.82) is 0 Å². The Hall–Kier alpha value is -2.37. The van der Waals surface area contributed by atoms with Crippen LogP contribution in [0.25, 0.3) is 0 Å². The number of nitrogens with zero attached hydrogens (tertiary/aromatic N) is 3. The molecule has 0 spiro atoms. The Balaban J connectivity index is 2.27. The number of amides is 1. The highest BCUT2D eigenvalue weighted by atomic mass is 16.1. The molecule has 2 aromatic heterocycles. The average Bonchev–Trinajstić information content (AvgIpc) is 2.67. The monoisotopic (exact) mass is 259 g/mol. The second kappa shape index (κ2) is 5.09. The summed E-state index contributed by atoms with van der Waals surface area (Å²) in [5.74, 6) is 0.449. The molecule has 0 aromatic carbocycles. The van der Waals surface area contributed by atoms with Gasteiger partial charge < -0.3 is 10.6 Å². The zero-order valence-corrected chi connectivity index (χ0v) is 11.5. The second-order valence-corrected chi connectivity index (χ2v) is 4.37. The number of hydrogen-bond acceptors (Lipinski definition) is 4. The predicted octanol–water partition coefficient (Wildman–Crippen LogP) is 1.73. The molecular weight excluding hydrogens is 242 g/mol. The smallest absolute Gasteiger partial charge is 0.260 e. The van der Waals surface area contributed by atoms with E-state index in [4.69, 9.17) is 0 Å². The quantitative estimate of drug-likeness (QED) is 0.880. The van der Waals surface area contributed by atoms with Crippen molar-refractivity contribution < 1.29 is 4.79 Å². The normalized spacial score (nSPS) is 10.3. The van der Waals surface area contributed by atoms with Crippen LogP contribution in [-0.4, -0.2) is 27.7 Å². The number of carbonyl (C=O) groups is 1. The molecule has 0 unspecified atom stereocenters. The van der Waals surface area contributed by atoms with E-state index >= 15 is 0 Å². The highest BCUT2D eigenvalue weighted by Gasteiger charge is 2.13. The maximum Gasteiger partial charge on any atom is 0.260 e. The number of nitrogens with one attached hydrogen (secondary N) is 2. The minimum Gasteiger partial charge on any atom is -0.387 e. The van der Waals surface area contributed by atoms with Crippen LogP contribution in [-0.2, 0) is 7.05 Å². The second-order valence-electron chi connectivity index (χ2n) is 4.37. The summed E-state index contributed by atoms with van der Waals surface area (Å²) in [6.45, 7) is 3.76. The Kier molecular flexibility index (Phi) is 3.50. The lowest BCUT2D eigenvalue weighted by molar-refractivity contribution is 0.102. The number of aryl methyl sites for hydroxylation is 3. The van der Waals surface area contributed by atoms with Crippen LogP contribution in [0, 0.1) is 13.8 Å². The van der Waals surface area contributed by atoms with Crippen molar-refractivity contribution in [1.82, 2.24) is 14.8 Å². The fourth-order valence-electron chi connectivity index (χ4n) is 1.86. The van der Waals surface area contributed by atoms with Gasteiger partial charge in [0.15, 0.2) is 0 Å².